The average molecular weight is 397 g/mol. The number of amides is 1. The molecule has 29 heavy (non-hydrogen) atoms. The van der Waals surface area contributed by atoms with Crippen molar-refractivity contribution >= 4 is 17.6 Å². The van der Waals surface area contributed by atoms with Crippen LogP contribution in [0, 0.1) is 6.92 Å². The minimum Gasteiger partial charge on any atom is -0.497 e. The summed E-state index contributed by atoms with van der Waals surface area (Å²) in [6, 6.07) is 12.8. The first-order valence-electron chi connectivity index (χ1n) is 9.61. The monoisotopic (exact) mass is 397 g/mol. The number of guanidine groups is 1. The van der Waals surface area contributed by atoms with Crippen molar-refractivity contribution in [2.45, 2.75) is 25.9 Å². The Morgan fingerprint density at radius 2 is 1.93 bits per heavy atom. The van der Waals surface area contributed by atoms with Gasteiger partial charge in [-0.3, -0.25) is 10.1 Å². The maximum absolute atomic E-state index is 12.7. The molecule has 1 saturated heterocycles. The van der Waals surface area contributed by atoms with Gasteiger partial charge in [-0.25, -0.2) is 4.99 Å². The lowest BCUT2D eigenvalue weighted by atomic mass is 10.1. The lowest BCUT2D eigenvalue weighted by Crippen LogP contribution is -2.36. The van der Waals surface area contributed by atoms with E-state index in [0.29, 0.717) is 35.3 Å². The van der Waals surface area contributed by atoms with Crippen LogP contribution >= 0.6 is 0 Å². The molecular weight excluding hydrogens is 370 g/mol. The van der Waals surface area contributed by atoms with Crippen LogP contribution in [0.3, 0.4) is 0 Å². The highest BCUT2D eigenvalue weighted by atomic mass is 16.5. The van der Waals surface area contributed by atoms with Crippen LogP contribution in [0.1, 0.15) is 28.8 Å². The minimum absolute atomic E-state index is 0.0718. The van der Waals surface area contributed by atoms with Crippen LogP contribution in [0.5, 0.6) is 11.5 Å². The number of carbonyl (C=O) groups excluding carboxylic acids is 1. The average Bonchev–Trinajstić information content (AvgIpc) is 3.25. The van der Waals surface area contributed by atoms with E-state index in [2.05, 4.69) is 15.6 Å². The third-order valence-corrected chi connectivity index (χ3v) is 4.60. The van der Waals surface area contributed by atoms with Crippen molar-refractivity contribution in [3.8, 4) is 11.5 Å². The first-order valence-corrected chi connectivity index (χ1v) is 9.61. The second-order valence-corrected chi connectivity index (χ2v) is 6.87. The van der Waals surface area contributed by atoms with Crippen molar-refractivity contribution in [2.75, 3.05) is 32.7 Å². The number of nitrogens with zero attached hydrogens (tertiary/aromatic N) is 1. The Morgan fingerprint density at radius 1 is 1.17 bits per heavy atom. The minimum atomic E-state index is -0.234. The standard InChI is InChI=1S/C22H27N3O4/c1-15-6-4-7-16(10-15)21(26)25-22(23-14-18-8-5-9-29-18)24-17-11-19(27-2)13-20(12-17)28-3/h4,6-7,10-13,18H,5,8-9,14H2,1-3H3,(H2,23,24,25,26)/t18-/m0/s1. The summed E-state index contributed by atoms with van der Waals surface area (Å²) in [6.07, 6.45) is 2.07. The fourth-order valence-corrected chi connectivity index (χ4v) is 3.07. The summed E-state index contributed by atoms with van der Waals surface area (Å²) in [6.45, 7) is 3.17. The Hall–Kier alpha value is -3.06. The number of aryl methyl sites for hydroxylation is 1. The second kappa shape index (κ2) is 9.93. The number of anilines is 1. The maximum Gasteiger partial charge on any atom is 0.257 e. The zero-order valence-electron chi connectivity index (χ0n) is 17.0. The van der Waals surface area contributed by atoms with Crippen LogP contribution < -0.4 is 20.1 Å². The van der Waals surface area contributed by atoms with Gasteiger partial charge in [0, 0.05) is 36.1 Å². The predicted octanol–water partition coefficient (Wildman–Crippen LogP) is 3.39. The molecule has 0 bridgehead atoms. The molecular formula is C22H27N3O4. The highest BCUT2D eigenvalue weighted by Crippen LogP contribution is 2.25. The third kappa shape index (κ3) is 5.96. The lowest BCUT2D eigenvalue weighted by molar-refractivity contribution is 0.0975. The van der Waals surface area contributed by atoms with Crippen molar-refractivity contribution in [3.63, 3.8) is 0 Å². The fraction of sp³-hybridized carbons (Fsp3) is 0.364. The number of aliphatic imine (C=N–C) groups is 1. The van der Waals surface area contributed by atoms with Gasteiger partial charge in [-0.2, -0.15) is 0 Å². The van der Waals surface area contributed by atoms with E-state index >= 15 is 0 Å². The molecule has 7 heteroatoms. The van der Waals surface area contributed by atoms with Gasteiger partial charge >= 0.3 is 0 Å². The molecule has 0 aromatic heterocycles. The quantitative estimate of drug-likeness (QED) is 0.577. The molecule has 1 amide bonds. The van der Waals surface area contributed by atoms with E-state index in [1.165, 1.54) is 0 Å². The van der Waals surface area contributed by atoms with Crippen molar-refractivity contribution < 1.29 is 19.0 Å². The van der Waals surface area contributed by atoms with E-state index < -0.39 is 0 Å². The van der Waals surface area contributed by atoms with E-state index in [4.69, 9.17) is 14.2 Å². The van der Waals surface area contributed by atoms with Crippen molar-refractivity contribution in [1.29, 1.82) is 0 Å². The van der Waals surface area contributed by atoms with Crippen molar-refractivity contribution in [1.82, 2.24) is 5.32 Å². The van der Waals surface area contributed by atoms with Gasteiger partial charge in [0.1, 0.15) is 11.5 Å². The fourth-order valence-electron chi connectivity index (χ4n) is 3.07. The molecule has 0 aliphatic carbocycles. The number of carbonyl (C=O) groups is 1. The molecule has 0 unspecified atom stereocenters. The largest absolute Gasteiger partial charge is 0.497 e. The molecule has 0 spiro atoms. The molecule has 1 atom stereocenters. The van der Waals surface area contributed by atoms with Crippen LogP contribution in [-0.2, 0) is 4.74 Å². The molecule has 1 aliphatic rings. The lowest BCUT2D eigenvalue weighted by Gasteiger charge is -2.15. The predicted molar refractivity (Wildman–Crippen MR) is 113 cm³/mol. The van der Waals surface area contributed by atoms with Gasteiger partial charge in [-0.05, 0) is 31.9 Å². The summed E-state index contributed by atoms with van der Waals surface area (Å²) in [5.41, 5.74) is 2.28. The number of nitrogens with one attached hydrogen (secondary N) is 2. The van der Waals surface area contributed by atoms with Gasteiger partial charge in [-0.1, -0.05) is 17.7 Å². The van der Waals surface area contributed by atoms with E-state index in [1.807, 2.05) is 37.3 Å². The molecule has 2 aromatic carbocycles. The molecule has 154 valence electrons. The summed E-state index contributed by atoms with van der Waals surface area (Å²) in [4.78, 5) is 17.3. The van der Waals surface area contributed by atoms with Crippen LogP contribution in [0.15, 0.2) is 47.5 Å². The van der Waals surface area contributed by atoms with Gasteiger partial charge in [0.15, 0.2) is 0 Å². The normalized spacial score (nSPS) is 16.4. The first-order chi connectivity index (χ1) is 14.1. The number of hydrogen-bond donors (Lipinski definition) is 2. The highest BCUT2D eigenvalue weighted by Gasteiger charge is 2.16. The maximum atomic E-state index is 12.7. The summed E-state index contributed by atoms with van der Waals surface area (Å²) in [5, 5.41) is 6.04. The smallest absolute Gasteiger partial charge is 0.257 e. The van der Waals surface area contributed by atoms with Crippen molar-refractivity contribution in [2.24, 2.45) is 4.99 Å². The zero-order valence-corrected chi connectivity index (χ0v) is 17.0. The van der Waals surface area contributed by atoms with Crippen LogP contribution in [0.4, 0.5) is 5.69 Å². The first kappa shape index (κ1) is 20.7. The molecule has 2 aromatic rings. The number of methoxy groups -OCH3 is 2. The number of rotatable bonds is 6. The van der Waals surface area contributed by atoms with Gasteiger partial charge < -0.3 is 19.5 Å². The number of benzene rings is 2. The van der Waals surface area contributed by atoms with Gasteiger partial charge in [-0.15, -0.1) is 0 Å². The summed E-state index contributed by atoms with van der Waals surface area (Å²) < 4.78 is 16.3. The summed E-state index contributed by atoms with van der Waals surface area (Å²) in [7, 11) is 3.18. The van der Waals surface area contributed by atoms with Gasteiger partial charge in [0.05, 0.1) is 26.9 Å². The Kier molecular flexibility index (Phi) is 7.08. The Balaban J connectivity index is 1.80. The van der Waals surface area contributed by atoms with Gasteiger partial charge in [0.25, 0.3) is 5.91 Å². The highest BCUT2D eigenvalue weighted by molar-refractivity contribution is 6.10. The zero-order chi connectivity index (χ0) is 20.6. The molecule has 0 radical (unpaired) electrons. The third-order valence-electron chi connectivity index (χ3n) is 4.60. The molecule has 2 N–H and O–H groups in total. The molecule has 0 saturated carbocycles. The number of hydrogen-bond acceptors (Lipinski definition) is 5. The molecule has 7 nitrogen and oxygen atoms in total. The van der Waals surface area contributed by atoms with Crippen molar-refractivity contribution in [3.05, 3.63) is 53.6 Å². The Labute approximate surface area is 171 Å². The molecule has 1 fully saturated rings. The Morgan fingerprint density at radius 3 is 2.55 bits per heavy atom. The van der Waals surface area contributed by atoms with Crippen LogP contribution in [0.2, 0.25) is 0 Å². The van der Waals surface area contributed by atoms with E-state index in [0.717, 1.165) is 25.0 Å². The van der Waals surface area contributed by atoms with E-state index in [1.54, 1.807) is 26.4 Å². The van der Waals surface area contributed by atoms with Crippen LogP contribution in [-0.4, -0.2) is 45.3 Å². The Bertz CT molecular complexity index is 854. The molecule has 3 rings (SSSR count). The molecule has 1 aliphatic heterocycles. The van der Waals surface area contributed by atoms with E-state index in [-0.39, 0.29) is 12.0 Å². The topological polar surface area (TPSA) is 81.2 Å². The SMILES string of the molecule is COc1cc(NC(=NC[C@@H]2CCCO2)NC(=O)c2cccc(C)c2)cc(OC)c1. The number of ether oxygens (including phenoxy) is 3. The summed E-state index contributed by atoms with van der Waals surface area (Å²) in [5.74, 6) is 1.38. The van der Waals surface area contributed by atoms with E-state index in [9.17, 15) is 4.79 Å². The summed E-state index contributed by atoms with van der Waals surface area (Å²) >= 11 is 0. The van der Waals surface area contributed by atoms with Crippen LogP contribution in [0.25, 0.3) is 0 Å². The second-order valence-electron chi connectivity index (χ2n) is 6.87. The molecule has 1 heterocycles. The van der Waals surface area contributed by atoms with Gasteiger partial charge in [0.2, 0.25) is 5.96 Å².